The zero-order valence-corrected chi connectivity index (χ0v) is 12.7. The first-order chi connectivity index (χ1) is 9.33. The number of pyridine rings is 1. The molecule has 0 aliphatic carbocycles. The van der Waals surface area contributed by atoms with Gasteiger partial charge in [-0.15, -0.1) is 0 Å². The minimum atomic E-state index is 0.898. The van der Waals surface area contributed by atoms with Crippen LogP contribution in [0.5, 0.6) is 0 Å². The van der Waals surface area contributed by atoms with Gasteiger partial charge in [-0.3, -0.25) is 0 Å². The fraction of sp³-hybridized carbons (Fsp3) is 0.375. The maximum absolute atomic E-state index is 4.34. The topological polar surface area (TPSA) is 29.7 Å². The van der Waals surface area contributed by atoms with Gasteiger partial charge in [-0.25, -0.2) is 4.98 Å². The van der Waals surface area contributed by atoms with Crippen molar-refractivity contribution in [3.8, 4) is 0 Å². The first-order valence-electron chi connectivity index (χ1n) is 6.72. The van der Waals surface area contributed by atoms with Crippen LogP contribution in [-0.4, -0.2) is 22.6 Å². The molecule has 0 amide bonds. The van der Waals surface area contributed by atoms with E-state index in [0.29, 0.717) is 0 Å². The first-order valence-corrected chi connectivity index (χ1v) is 6.72. The van der Waals surface area contributed by atoms with Crippen LogP contribution in [-0.2, 0) is 6.42 Å². The third kappa shape index (κ3) is 6.00. The average molecular weight is 259 g/mol. The van der Waals surface area contributed by atoms with Gasteiger partial charge >= 0.3 is 0 Å². The molecule has 19 heavy (non-hydrogen) atoms. The monoisotopic (exact) mass is 259 g/mol. The van der Waals surface area contributed by atoms with E-state index in [9.17, 15) is 0 Å². The van der Waals surface area contributed by atoms with Crippen molar-refractivity contribution in [3.63, 3.8) is 0 Å². The molecule has 0 aromatic carbocycles. The summed E-state index contributed by atoms with van der Waals surface area (Å²) >= 11 is 0. The van der Waals surface area contributed by atoms with Gasteiger partial charge in [0.25, 0.3) is 0 Å². The lowest BCUT2D eigenvalue weighted by atomic mass is 10.3. The first kappa shape index (κ1) is 17.1. The molecule has 0 saturated carbocycles. The minimum Gasteiger partial charge on any atom is -0.303 e. The van der Waals surface area contributed by atoms with Crippen molar-refractivity contribution >= 4 is 11.7 Å². The summed E-state index contributed by atoms with van der Waals surface area (Å²) in [5.74, 6) is 1.09. The van der Waals surface area contributed by atoms with Crippen molar-refractivity contribution in [2.24, 2.45) is 4.99 Å². The predicted molar refractivity (Wildman–Crippen MR) is 85.1 cm³/mol. The second-order valence-electron chi connectivity index (χ2n) is 3.46. The van der Waals surface area contributed by atoms with Crippen LogP contribution in [0.25, 0.3) is 5.52 Å². The van der Waals surface area contributed by atoms with Crippen LogP contribution in [0.4, 0.5) is 0 Å². The van der Waals surface area contributed by atoms with Crippen LogP contribution in [0.1, 0.15) is 33.5 Å². The number of fused-ring (bicyclic) bond motifs is 1. The average Bonchev–Trinajstić information content (AvgIpc) is 2.91. The Bertz CT molecular complexity index is 491. The Hall–Kier alpha value is -1.90. The Labute approximate surface area is 116 Å². The van der Waals surface area contributed by atoms with Crippen molar-refractivity contribution < 1.29 is 0 Å². The quantitative estimate of drug-likeness (QED) is 0.587. The molecule has 0 aliphatic rings. The predicted octanol–water partition coefficient (Wildman–Crippen LogP) is 4.19. The van der Waals surface area contributed by atoms with E-state index in [-0.39, 0.29) is 0 Å². The van der Waals surface area contributed by atoms with Gasteiger partial charge in [-0.1, -0.05) is 32.1 Å². The summed E-state index contributed by atoms with van der Waals surface area (Å²) in [5.41, 5.74) is 1.15. The zero-order valence-electron chi connectivity index (χ0n) is 12.7. The van der Waals surface area contributed by atoms with Gasteiger partial charge in [-0.2, -0.15) is 0 Å². The largest absolute Gasteiger partial charge is 0.303 e. The molecule has 0 fully saturated rings. The Balaban J connectivity index is 0.000000467. The van der Waals surface area contributed by atoms with E-state index >= 15 is 0 Å². The summed E-state index contributed by atoms with van der Waals surface area (Å²) in [6.45, 7) is 7.91. The van der Waals surface area contributed by atoms with Crippen LogP contribution in [0, 0.1) is 0 Å². The Morgan fingerprint density at radius 2 is 1.95 bits per heavy atom. The molecule has 2 aromatic heterocycles. The van der Waals surface area contributed by atoms with E-state index < -0.39 is 0 Å². The maximum Gasteiger partial charge on any atom is 0.117 e. The van der Waals surface area contributed by atoms with Crippen LogP contribution in [0.2, 0.25) is 0 Å². The van der Waals surface area contributed by atoms with Crippen molar-refractivity contribution in [3.05, 3.63) is 48.6 Å². The molecular formula is C16H25N3. The van der Waals surface area contributed by atoms with E-state index in [0.717, 1.165) is 17.8 Å². The van der Waals surface area contributed by atoms with Gasteiger partial charge in [0, 0.05) is 19.7 Å². The van der Waals surface area contributed by atoms with Crippen molar-refractivity contribution in [2.45, 2.75) is 34.1 Å². The lowest BCUT2D eigenvalue weighted by molar-refractivity contribution is 0.981. The molecule has 0 bridgehead atoms. The molecule has 0 saturated heterocycles. The van der Waals surface area contributed by atoms with E-state index in [2.05, 4.69) is 26.5 Å². The van der Waals surface area contributed by atoms with Crippen molar-refractivity contribution in [2.75, 3.05) is 7.05 Å². The number of hydrogen-bond acceptors (Lipinski definition) is 2. The van der Waals surface area contributed by atoms with Gasteiger partial charge in [0.1, 0.15) is 5.82 Å². The standard InChI is InChI=1S/C11H12N2.C3H7N.C2H6/c1-2-3-7-11-12-9-10-6-4-5-8-13(10)11;1-3-4-2;1-2/h2-6,8-9H,7H2,1H3;3H,1-2H3;1-2H3/b3-2-;;. The van der Waals surface area contributed by atoms with Crippen LogP contribution >= 0.6 is 0 Å². The molecule has 0 atom stereocenters. The highest BCUT2D eigenvalue weighted by Crippen LogP contribution is 2.06. The summed E-state index contributed by atoms with van der Waals surface area (Å²) in [6, 6.07) is 6.11. The molecule has 3 heteroatoms. The second kappa shape index (κ2) is 11.2. The second-order valence-corrected chi connectivity index (χ2v) is 3.46. The molecule has 3 nitrogen and oxygen atoms in total. The number of nitrogens with zero attached hydrogens (tertiary/aromatic N) is 3. The SMILES string of the molecule is C/C=C\Cc1ncc2ccccn12.CC.CC=NC. The highest BCUT2D eigenvalue weighted by molar-refractivity contribution is 5.52. The van der Waals surface area contributed by atoms with E-state index in [1.54, 1.807) is 13.3 Å². The molecule has 0 radical (unpaired) electrons. The Morgan fingerprint density at radius 3 is 2.53 bits per heavy atom. The van der Waals surface area contributed by atoms with Gasteiger partial charge in [-0.05, 0) is 32.2 Å². The molecule has 2 rings (SSSR count). The summed E-state index contributed by atoms with van der Waals surface area (Å²) in [4.78, 5) is 7.96. The number of hydrogen-bond donors (Lipinski definition) is 0. The number of allylic oxidation sites excluding steroid dienone is 2. The fourth-order valence-corrected chi connectivity index (χ4v) is 1.37. The van der Waals surface area contributed by atoms with Gasteiger partial charge in [0.15, 0.2) is 0 Å². The number of imidazole rings is 1. The maximum atomic E-state index is 4.34. The minimum absolute atomic E-state index is 0.898. The van der Waals surface area contributed by atoms with Gasteiger partial charge in [0.05, 0.1) is 11.7 Å². The van der Waals surface area contributed by atoms with E-state index in [1.165, 1.54) is 0 Å². The Kier molecular flexibility index (Phi) is 10.1. The van der Waals surface area contributed by atoms with Gasteiger partial charge < -0.3 is 9.39 Å². The molecule has 0 spiro atoms. The molecule has 104 valence electrons. The lowest BCUT2D eigenvalue weighted by Crippen LogP contribution is -1.91. The summed E-state index contributed by atoms with van der Waals surface area (Å²) < 4.78 is 2.11. The summed E-state index contributed by atoms with van der Waals surface area (Å²) in [6.07, 6.45) is 10.8. The van der Waals surface area contributed by atoms with Crippen LogP contribution in [0.15, 0.2) is 47.7 Å². The third-order valence-electron chi connectivity index (χ3n) is 2.31. The van der Waals surface area contributed by atoms with Crippen LogP contribution in [0.3, 0.4) is 0 Å². The highest BCUT2D eigenvalue weighted by atomic mass is 15.0. The van der Waals surface area contributed by atoms with Crippen LogP contribution < -0.4 is 0 Å². The molecular weight excluding hydrogens is 234 g/mol. The number of rotatable bonds is 2. The van der Waals surface area contributed by atoms with E-state index in [4.69, 9.17) is 0 Å². The number of aromatic nitrogens is 2. The van der Waals surface area contributed by atoms with Gasteiger partial charge in [0.2, 0.25) is 0 Å². The highest BCUT2D eigenvalue weighted by Gasteiger charge is 1.98. The Morgan fingerprint density at radius 1 is 1.26 bits per heavy atom. The smallest absolute Gasteiger partial charge is 0.117 e. The normalized spacial score (nSPS) is 10.2. The summed E-state index contributed by atoms with van der Waals surface area (Å²) in [7, 11) is 1.75. The zero-order chi connectivity index (χ0) is 14.5. The lowest BCUT2D eigenvalue weighted by Gasteiger charge is -1.96. The fourth-order valence-electron chi connectivity index (χ4n) is 1.37. The molecule has 0 unspecified atom stereocenters. The van der Waals surface area contributed by atoms with Crippen molar-refractivity contribution in [1.82, 2.24) is 9.38 Å². The van der Waals surface area contributed by atoms with Crippen molar-refractivity contribution in [1.29, 1.82) is 0 Å². The molecule has 0 N–H and O–H groups in total. The molecule has 2 heterocycles. The third-order valence-corrected chi connectivity index (χ3v) is 2.31. The number of aliphatic imine (C=N–C) groups is 1. The van der Waals surface area contributed by atoms with E-state index in [1.807, 2.05) is 58.3 Å². The summed E-state index contributed by atoms with van der Waals surface area (Å²) in [5, 5.41) is 0. The molecule has 0 aliphatic heterocycles. The molecule has 2 aromatic rings.